The van der Waals surface area contributed by atoms with Crippen LogP contribution in [0.25, 0.3) is 11.4 Å². The highest BCUT2D eigenvalue weighted by atomic mass is 35.5. The summed E-state index contributed by atoms with van der Waals surface area (Å²) in [5.74, 6) is -1.40. The van der Waals surface area contributed by atoms with E-state index in [0.29, 0.717) is 20.7 Å². The van der Waals surface area contributed by atoms with Crippen molar-refractivity contribution in [3.8, 4) is 11.4 Å². The smallest absolute Gasteiger partial charge is 0.382 e. The molecule has 3 rings (SSSR count). The molecule has 1 amide bonds. The third kappa shape index (κ3) is 8.43. The Bertz CT molecular complexity index is 1600. The number of halogens is 7. The van der Waals surface area contributed by atoms with E-state index in [1.165, 1.54) is 30.3 Å². The number of amides is 1. The summed E-state index contributed by atoms with van der Waals surface area (Å²) in [5, 5.41) is 16.6. The minimum Gasteiger partial charge on any atom is -0.382 e. The molecule has 0 aliphatic carbocycles. The van der Waals surface area contributed by atoms with Gasteiger partial charge < -0.3 is 10.4 Å². The van der Waals surface area contributed by atoms with Gasteiger partial charge in [0.1, 0.15) is 6.54 Å². The van der Waals surface area contributed by atoms with Crippen LogP contribution < -0.4 is 15.7 Å². The summed E-state index contributed by atoms with van der Waals surface area (Å²) in [6, 6.07) is 7.68. The third-order valence-electron chi connectivity index (χ3n) is 5.71. The second-order valence-corrected chi connectivity index (χ2v) is 10.9. The Hall–Kier alpha value is -3.67. The molecule has 0 radical (unpaired) electrons. The summed E-state index contributed by atoms with van der Waals surface area (Å²) in [6.07, 6.45) is -12.8. The molecule has 18 heteroatoms. The van der Waals surface area contributed by atoms with E-state index in [2.05, 4.69) is 17.0 Å². The number of aliphatic hydroxyl groups is 1. The fourth-order valence-electron chi connectivity index (χ4n) is 3.62. The van der Waals surface area contributed by atoms with Crippen LogP contribution in [0.3, 0.4) is 0 Å². The molecule has 42 heavy (non-hydrogen) atoms. The fraction of sp³-hybridized carbons (Fsp3) is 0.292. The Labute approximate surface area is 239 Å². The number of rotatable bonds is 11. The first-order chi connectivity index (χ1) is 19.4. The van der Waals surface area contributed by atoms with Crippen LogP contribution >= 0.6 is 11.6 Å². The predicted octanol–water partition coefficient (Wildman–Crippen LogP) is 3.23. The van der Waals surface area contributed by atoms with Gasteiger partial charge in [-0.05, 0) is 42.0 Å². The first-order valence-electron chi connectivity index (χ1n) is 11.7. The van der Waals surface area contributed by atoms with Crippen LogP contribution in [-0.2, 0) is 34.1 Å². The van der Waals surface area contributed by atoms with Gasteiger partial charge in [0, 0.05) is 22.5 Å². The first kappa shape index (κ1) is 32.8. The zero-order valence-corrected chi connectivity index (χ0v) is 22.7. The lowest BCUT2D eigenvalue weighted by Gasteiger charge is -2.20. The average molecular weight is 642 g/mol. The lowest BCUT2D eigenvalue weighted by atomic mass is 10.0. The van der Waals surface area contributed by atoms with Crippen LogP contribution in [0.15, 0.2) is 65.3 Å². The molecular weight excluding hydrogens is 620 g/mol. The number of carbonyl (C=O) groups excluding carboxylic acids is 1. The van der Waals surface area contributed by atoms with E-state index in [1.807, 2.05) is 4.72 Å². The maximum Gasteiger partial charge on any atom is 0.416 e. The van der Waals surface area contributed by atoms with Crippen molar-refractivity contribution >= 4 is 27.5 Å². The molecule has 0 aliphatic heterocycles. The van der Waals surface area contributed by atoms with Crippen molar-refractivity contribution in [2.24, 2.45) is 0 Å². The summed E-state index contributed by atoms with van der Waals surface area (Å²) in [5.41, 5.74) is -2.35. The molecule has 0 spiro atoms. The summed E-state index contributed by atoms with van der Waals surface area (Å²) in [7, 11) is -4.08. The Morgan fingerprint density at radius 3 is 2.33 bits per heavy atom. The average Bonchev–Trinajstić information content (AvgIpc) is 3.20. The zero-order chi connectivity index (χ0) is 31.5. The van der Waals surface area contributed by atoms with Crippen molar-refractivity contribution in [3.63, 3.8) is 0 Å². The first-order valence-corrected chi connectivity index (χ1v) is 13.6. The summed E-state index contributed by atoms with van der Waals surface area (Å²) < 4.78 is 106. The van der Waals surface area contributed by atoms with Gasteiger partial charge in [-0.1, -0.05) is 30.3 Å². The predicted molar refractivity (Wildman–Crippen MR) is 138 cm³/mol. The number of hydrogen-bond donors (Lipinski definition) is 3. The minimum atomic E-state index is -5.09. The highest BCUT2D eigenvalue weighted by molar-refractivity contribution is 7.92. The van der Waals surface area contributed by atoms with Gasteiger partial charge in [-0.25, -0.2) is 22.6 Å². The topological polar surface area (TPSA) is 135 Å². The van der Waals surface area contributed by atoms with E-state index in [9.17, 15) is 49.5 Å². The highest BCUT2D eigenvalue weighted by Gasteiger charge is 2.39. The van der Waals surface area contributed by atoms with Crippen LogP contribution in [0.4, 0.5) is 26.3 Å². The van der Waals surface area contributed by atoms with E-state index in [1.54, 1.807) is 0 Å². The van der Waals surface area contributed by atoms with Crippen LogP contribution in [0, 0.1) is 0 Å². The molecule has 1 heterocycles. The lowest BCUT2D eigenvalue weighted by Crippen LogP contribution is -2.41. The van der Waals surface area contributed by atoms with Gasteiger partial charge in [-0.2, -0.15) is 26.3 Å². The number of sulfonamides is 1. The van der Waals surface area contributed by atoms with Crippen molar-refractivity contribution in [2.45, 2.75) is 37.6 Å². The normalized spacial score (nSPS) is 13.9. The molecule has 3 aromatic rings. The van der Waals surface area contributed by atoms with Crippen molar-refractivity contribution < 1.29 is 44.7 Å². The molecule has 0 aliphatic rings. The zero-order valence-electron chi connectivity index (χ0n) is 21.2. The van der Waals surface area contributed by atoms with Gasteiger partial charge in [-0.3, -0.25) is 9.36 Å². The largest absolute Gasteiger partial charge is 0.416 e. The summed E-state index contributed by atoms with van der Waals surface area (Å²) >= 11 is 5.84. The molecule has 2 atom stereocenters. The third-order valence-corrected chi connectivity index (χ3v) is 6.97. The van der Waals surface area contributed by atoms with Gasteiger partial charge in [0.05, 0.1) is 18.2 Å². The molecule has 0 bridgehead atoms. The maximum absolute atomic E-state index is 13.3. The number of nitrogens with zero attached hydrogens (tertiary/aromatic N) is 3. The van der Waals surface area contributed by atoms with Crippen molar-refractivity contribution in [1.29, 1.82) is 0 Å². The lowest BCUT2D eigenvalue weighted by molar-refractivity contribution is -0.207. The number of hydrogen-bond acceptors (Lipinski definition) is 6. The number of carbonyl (C=O) groups is 1. The molecule has 1 aromatic heterocycles. The highest BCUT2D eigenvalue weighted by Crippen LogP contribution is 2.31. The van der Waals surface area contributed by atoms with E-state index in [4.69, 9.17) is 11.6 Å². The summed E-state index contributed by atoms with van der Waals surface area (Å²) in [6.45, 7) is 0.276. The van der Waals surface area contributed by atoms with E-state index >= 15 is 0 Å². The van der Waals surface area contributed by atoms with Crippen LogP contribution in [0.2, 0.25) is 5.02 Å². The van der Waals surface area contributed by atoms with Gasteiger partial charge >= 0.3 is 18.0 Å². The van der Waals surface area contributed by atoms with Crippen molar-refractivity contribution in [3.05, 3.63) is 87.2 Å². The summed E-state index contributed by atoms with van der Waals surface area (Å²) in [4.78, 5) is 25.9. The quantitative estimate of drug-likeness (QED) is 0.275. The van der Waals surface area contributed by atoms with Gasteiger partial charge in [0.15, 0.2) is 11.9 Å². The Balaban J connectivity index is 1.96. The van der Waals surface area contributed by atoms with Gasteiger partial charge in [0.2, 0.25) is 15.9 Å². The monoisotopic (exact) mass is 641 g/mol. The Morgan fingerprint density at radius 1 is 1.12 bits per heavy atom. The number of benzene rings is 2. The SMILES string of the molecule is C=CS(=O)(=O)NCC(NC(=O)Cn1nc(-c2ccc(Cl)cc2)n(C[C@H](O)C(F)(F)F)c1=O)c1cccc(C(F)(F)F)c1. The molecule has 0 saturated heterocycles. The number of alkyl halides is 6. The molecule has 2 aromatic carbocycles. The van der Waals surface area contributed by atoms with E-state index in [-0.39, 0.29) is 22.0 Å². The molecule has 0 saturated carbocycles. The van der Waals surface area contributed by atoms with Crippen LogP contribution in [0.5, 0.6) is 0 Å². The van der Waals surface area contributed by atoms with E-state index < -0.39 is 71.3 Å². The minimum absolute atomic E-state index is 0.116. The Morgan fingerprint density at radius 2 is 1.76 bits per heavy atom. The van der Waals surface area contributed by atoms with Crippen molar-refractivity contribution in [2.75, 3.05) is 6.54 Å². The number of aromatic nitrogens is 3. The molecule has 10 nitrogen and oxygen atoms in total. The molecule has 1 unspecified atom stereocenters. The van der Waals surface area contributed by atoms with Crippen LogP contribution in [0.1, 0.15) is 17.2 Å². The molecule has 0 fully saturated rings. The second kappa shape index (κ2) is 12.7. The number of aliphatic hydroxyl groups excluding tert-OH is 1. The second-order valence-electron chi connectivity index (χ2n) is 8.74. The molecule has 228 valence electrons. The maximum atomic E-state index is 13.3. The van der Waals surface area contributed by atoms with Gasteiger partial charge in [0.25, 0.3) is 0 Å². The van der Waals surface area contributed by atoms with E-state index in [0.717, 1.165) is 12.1 Å². The van der Waals surface area contributed by atoms with Crippen molar-refractivity contribution in [1.82, 2.24) is 24.4 Å². The number of nitrogens with one attached hydrogen (secondary N) is 2. The molecular formula is C24H22ClF6N5O5S. The standard InChI is InChI=1S/C24H22ClF6N5O5S/c1-2-42(40,41)32-11-18(15-4-3-5-16(10-15)23(26,27)28)33-20(38)13-36-22(39)35(12-19(37)24(29,30)31)21(34-36)14-6-8-17(25)9-7-14/h2-10,18-19,32,37H,1,11-13H2,(H,33,38)/t18?,19-/m0/s1. The van der Waals surface area contributed by atoms with Gasteiger partial charge in [-0.15, -0.1) is 5.10 Å². The molecule has 3 N–H and O–H groups in total. The fourth-order valence-corrected chi connectivity index (χ4v) is 4.26. The van der Waals surface area contributed by atoms with Crippen LogP contribution in [-0.4, -0.2) is 52.6 Å². The Kier molecular flexibility index (Phi) is 9.92.